The van der Waals surface area contributed by atoms with Crippen molar-refractivity contribution in [2.45, 2.75) is 11.3 Å². The summed E-state index contributed by atoms with van der Waals surface area (Å²) in [4.78, 5) is 4.09. The third-order valence-corrected chi connectivity index (χ3v) is 4.73. The lowest BCUT2D eigenvalue weighted by atomic mass is 10.1. The number of aliphatic hydroxyl groups is 1. The monoisotopic (exact) mass is 346 g/mol. The smallest absolute Gasteiger partial charge is 0.191 e. The zero-order valence-corrected chi connectivity index (χ0v) is 14.0. The van der Waals surface area contributed by atoms with E-state index in [0.717, 1.165) is 22.1 Å². The molecule has 1 unspecified atom stereocenters. The molecule has 0 amide bonds. The molecule has 23 heavy (non-hydrogen) atoms. The molecule has 2 heterocycles. The van der Waals surface area contributed by atoms with Crippen molar-refractivity contribution in [2.75, 3.05) is 5.75 Å². The normalized spacial score (nSPS) is 12.3. The standard InChI is InChI=1S/C16H15ClN4OS/c1-21-15(12-3-2-8-18-9-12)19-20-16(21)23-10-14(22)11-4-6-13(17)7-5-11/h2-9,14,22H,10H2,1H3. The van der Waals surface area contributed by atoms with Crippen LogP contribution in [0.1, 0.15) is 11.7 Å². The molecule has 0 saturated carbocycles. The molecule has 3 aromatic rings. The van der Waals surface area contributed by atoms with Crippen molar-refractivity contribution in [1.29, 1.82) is 0 Å². The topological polar surface area (TPSA) is 63.8 Å². The van der Waals surface area contributed by atoms with E-state index < -0.39 is 6.10 Å². The summed E-state index contributed by atoms with van der Waals surface area (Å²) in [6.45, 7) is 0. The van der Waals surface area contributed by atoms with Crippen LogP contribution in [-0.2, 0) is 7.05 Å². The highest BCUT2D eigenvalue weighted by molar-refractivity contribution is 7.99. The average Bonchev–Trinajstić information content (AvgIpc) is 2.95. The van der Waals surface area contributed by atoms with Crippen LogP contribution in [-0.4, -0.2) is 30.6 Å². The van der Waals surface area contributed by atoms with Gasteiger partial charge in [0, 0.05) is 35.8 Å². The van der Waals surface area contributed by atoms with Gasteiger partial charge in [0.2, 0.25) is 0 Å². The Morgan fingerprint density at radius 3 is 2.70 bits per heavy atom. The van der Waals surface area contributed by atoms with Crippen LogP contribution in [0.2, 0.25) is 5.02 Å². The Hall–Kier alpha value is -1.89. The van der Waals surface area contributed by atoms with Gasteiger partial charge in [0.05, 0.1) is 6.10 Å². The van der Waals surface area contributed by atoms with Gasteiger partial charge in [-0.05, 0) is 29.8 Å². The first-order valence-electron chi connectivity index (χ1n) is 7.01. The Morgan fingerprint density at radius 1 is 1.22 bits per heavy atom. The highest BCUT2D eigenvalue weighted by Gasteiger charge is 2.14. The summed E-state index contributed by atoms with van der Waals surface area (Å²) >= 11 is 7.31. The Morgan fingerprint density at radius 2 is 2.00 bits per heavy atom. The maximum atomic E-state index is 10.3. The van der Waals surface area contributed by atoms with Gasteiger partial charge >= 0.3 is 0 Å². The van der Waals surface area contributed by atoms with Gasteiger partial charge in [0.15, 0.2) is 11.0 Å². The summed E-state index contributed by atoms with van der Waals surface area (Å²) in [5.41, 5.74) is 1.74. The van der Waals surface area contributed by atoms with E-state index in [9.17, 15) is 5.11 Å². The summed E-state index contributed by atoms with van der Waals surface area (Å²) in [5.74, 6) is 1.24. The van der Waals surface area contributed by atoms with Crippen LogP contribution in [0.15, 0.2) is 53.9 Å². The van der Waals surface area contributed by atoms with E-state index in [0.29, 0.717) is 10.8 Å². The Balaban J connectivity index is 1.69. The number of aromatic nitrogens is 4. The highest BCUT2D eigenvalue weighted by Crippen LogP contribution is 2.26. The lowest BCUT2D eigenvalue weighted by Gasteiger charge is -2.10. The van der Waals surface area contributed by atoms with Gasteiger partial charge in [-0.3, -0.25) is 4.98 Å². The predicted octanol–water partition coefficient (Wildman–Crippen LogP) is 3.36. The van der Waals surface area contributed by atoms with Gasteiger partial charge in [-0.15, -0.1) is 10.2 Å². The van der Waals surface area contributed by atoms with Crippen LogP contribution < -0.4 is 0 Å². The van der Waals surface area contributed by atoms with E-state index in [-0.39, 0.29) is 0 Å². The lowest BCUT2D eigenvalue weighted by Crippen LogP contribution is -2.02. The largest absolute Gasteiger partial charge is 0.388 e. The van der Waals surface area contributed by atoms with Crippen LogP contribution in [0.5, 0.6) is 0 Å². The fraction of sp³-hybridized carbons (Fsp3) is 0.188. The van der Waals surface area contributed by atoms with E-state index in [1.165, 1.54) is 11.8 Å². The minimum absolute atomic E-state index is 0.487. The second-order valence-electron chi connectivity index (χ2n) is 4.99. The lowest BCUT2D eigenvalue weighted by molar-refractivity contribution is 0.204. The third kappa shape index (κ3) is 3.72. The van der Waals surface area contributed by atoms with E-state index in [1.807, 2.05) is 35.9 Å². The van der Waals surface area contributed by atoms with Gasteiger partial charge in [0.25, 0.3) is 0 Å². The van der Waals surface area contributed by atoms with Gasteiger partial charge in [-0.25, -0.2) is 0 Å². The zero-order chi connectivity index (χ0) is 16.2. The molecule has 2 aromatic heterocycles. The van der Waals surface area contributed by atoms with Crippen molar-refractivity contribution >= 4 is 23.4 Å². The quantitative estimate of drug-likeness (QED) is 0.718. The third-order valence-electron chi connectivity index (χ3n) is 3.38. The highest BCUT2D eigenvalue weighted by atomic mass is 35.5. The zero-order valence-electron chi connectivity index (χ0n) is 12.4. The molecule has 0 spiro atoms. The maximum absolute atomic E-state index is 10.3. The van der Waals surface area contributed by atoms with E-state index in [1.54, 1.807) is 24.5 Å². The van der Waals surface area contributed by atoms with Crippen molar-refractivity contribution in [3.05, 3.63) is 59.4 Å². The first-order chi connectivity index (χ1) is 11.1. The number of halogens is 1. The maximum Gasteiger partial charge on any atom is 0.191 e. The molecule has 5 nitrogen and oxygen atoms in total. The number of rotatable bonds is 5. The number of thioether (sulfide) groups is 1. The summed E-state index contributed by atoms with van der Waals surface area (Å²) in [5, 5.41) is 20.0. The Bertz CT molecular complexity index is 777. The molecule has 3 rings (SSSR count). The van der Waals surface area contributed by atoms with Crippen LogP contribution in [0.25, 0.3) is 11.4 Å². The molecule has 0 fully saturated rings. The van der Waals surface area contributed by atoms with Crippen molar-refractivity contribution in [3.63, 3.8) is 0 Å². The van der Waals surface area contributed by atoms with E-state index in [2.05, 4.69) is 15.2 Å². The van der Waals surface area contributed by atoms with Crippen molar-refractivity contribution < 1.29 is 5.11 Å². The molecule has 1 aromatic carbocycles. The van der Waals surface area contributed by atoms with Crippen LogP contribution >= 0.6 is 23.4 Å². The minimum atomic E-state index is -0.587. The predicted molar refractivity (Wildman–Crippen MR) is 91.4 cm³/mol. The first kappa shape index (κ1) is 16.0. The fourth-order valence-electron chi connectivity index (χ4n) is 2.12. The SMILES string of the molecule is Cn1c(SCC(O)c2ccc(Cl)cc2)nnc1-c1cccnc1. The summed E-state index contributed by atoms with van der Waals surface area (Å²) in [6, 6.07) is 11.0. The van der Waals surface area contributed by atoms with Crippen LogP contribution in [0.3, 0.4) is 0 Å². The van der Waals surface area contributed by atoms with E-state index >= 15 is 0 Å². The van der Waals surface area contributed by atoms with Gasteiger partial charge in [-0.1, -0.05) is 35.5 Å². The first-order valence-corrected chi connectivity index (χ1v) is 8.37. The Kier molecular flexibility index (Phi) is 4.95. The molecule has 118 valence electrons. The van der Waals surface area contributed by atoms with Crippen molar-refractivity contribution in [3.8, 4) is 11.4 Å². The second-order valence-corrected chi connectivity index (χ2v) is 6.41. The fourth-order valence-corrected chi connectivity index (χ4v) is 3.13. The Labute approximate surface area is 143 Å². The number of aliphatic hydroxyl groups excluding tert-OH is 1. The summed E-state index contributed by atoms with van der Waals surface area (Å²) in [7, 11) is 1.90. The molecule has 0 aliphatic rings. The van der Waals surface area contributed by atoms with Crippen molar-refractivity contribution in [1.82, 2.24) is 19.7 Å². The molecule has 0 saturated heterocycles. The van der Waals surface area contributed by atoms with Gasteiger partial charge < -0.3 is 9.67 Å². The molecular weight excluding hydrogens is 332 g/mol. The molecule has 1 atom stereocenters. The number of nitrogens with zero attached hydrogens (tertiary/aromatic N) is 4. The molecule has 0 bridgehead atoms. The minimum Gasteiger partial charge on any atom is -0.388 e. The molecule has 7 heteroatoms. The number of benzene rings is 1. The van der Waals surface area contributed by atoms with Gasteiger partial charge in [0.1, 0.15) is 0 Å². The van der Waals surface area contributed by atoms with Crippen molar-refractivity contribution in [2.24, 2.45) is 7.05 Å². The molecule has 0 aliphatic carbocycles. The summed E-state index contributed by atoms with van der Waals surface area (Å²) < 4.78 is 1.90. The average molecular weight is 347 g/mol. The van der Waals surface area contributed by atoms with Crippen LogP contribution in [0.4, 0.5) is 0 Å². The molecular formula is C16H15ClN4OS. The molecule has 0 radical (unpaired) electrons. The number of hydrogen-bond donors (Lipinski definition) is 1. The van der Waals surface area contributed by atoms with E-state index in [4.69, 9.17) is 11.6 Å². The second kappa shape index (κ2) is 7.12. The molecule has 0 aliphatic heterocycles. The summed E-state index contributed by atoms with van der Waals surface area (Å²) in [6.07, 6.45) is 2.88. The number of hydrogen-bond acceptors (Lipinski definition) is 5. The van der Waals surface area contributed by atoms with Crippen LogP contribution in [0, 0.1) is 0 Å². The number of pyridine rings is 1. The molecule has 1 N–H and O–H groups in total. The van der Waals surface area contributed by atoms with Gasteiger partial charge in [-0.2, -0.15) is 0 Å².